The van der Waals surface area contributed by atoms with Crippen LogP contribution in [0.4, 0.5) is 0 Å². The fourth-order valence-corrected chi connectivity index (χ4v) is 2.67. The first-order chi connectivity index (χ1) is 9.25. The summed E-state index contributed by atoms with van der Waals surface area (Å²) >= 11 is 0. The molecule has 98 valence electrons. The first-order valence-corrected chi connectivity index (χ1v) is 6.86. The average molecular weight is 252 g/mol. The number of benzene rings is 2. The number of rotatable bonds is 4. The van der Waals surface area contributed by atoms with Crippen molar-refractivity contribution in [3.05, 3.63) is 60.2 Å². The molecule has 2 aromatic rings. The number of hydrogen-bond acceptors (Lipinski definition) is 2. The van der Waals surface area contributed by atoms with Gasteiger partial charge >= 0.3 is 0 Å². The highest BCUT2D eigenvalue weighted by Gasteiger charge is 2.46. The van der Waals surface area contributed by atoms with Crippen molar-refractivity contribution in [1.29, 1.82) is 0 Å². The van der Waals surface area contributed by atoms with Crippen molar-refractivity contribution in [3.63, 3.8) is 0 Å². The lowest BCUT2D eigenvalue weighted by Crippen LogP contribution is -2.29. The van der Waals surface area contributed by atoms with E-state index in [1.807, 2.05) is 6.07 Å². The lowest BCUT2D eigenvalue weighted by atomic mass is 9.90. The van der Waals surface area contributed by atoms with Crippen LogP contribution < -0.4 is 11.5 Å². The fraction of sp³-hybridized carbons (Fsp3) is 0.294. The average Bonchev–Trinajstić information content (AvgIpc) is 3.29. The highest BCUT2D eigenvalue weighted by molar-refractivity contribution is 5.63. The molecule has 1 unspecified atom stereocenters. The summed E-state index contributed by atoms with van der Waals surface area (Å²) in [6, 6.07) is 19.0. The highest BCUT2D eigenvalue weighted by atomic mass is 14.8. The zero-order valence-electron chi connectivity index (χ0n) is 11.0. The van der Waals surface area contributed by atoms with Crippen molar-refractivity contribution in [2.24, 2.45) is 16.9 Å². The van der Waals surface area contributed by atoms with E-state index in [0.29, 0.717) is 6.54 Å². The van der Waals surface area contributed by atoms with Crippen LogP contribution in [0, 0.1) is 5.41 Å². The molecule has 0 spiro atoms. The molecule has 0 heterocycles. The first-order valence-electron chi connectivity index (χ1n) is 6.86. The van der Waals surface area contributed by atoms with Gasteiger partial charge in [0.2, 0.25) is 0 Å². The highest BCUT2D eigenvalue weighted by Crippen LogP contribution is 2.52. The molecule has 2 heteroatoms. The summed E-state index contributed by atoms with van der Waals surface area (Å²) in [5.74, 6) is 0. The van der Waals surface area contributed by atoms with E-state index in [1.165, 1.54) is 16.7 Å². The number of nitrogens with two attached hydrogens (primary N) is 2. The molecule has 2 aromatic carbocycles. The maximum atomic E-state index is 6.35. The molecule has 1 fully saturated rings. The molecule has 1 aliphatic rings. The third-order valence-corrected chi connectivity index (χ3v) is 4.34. The van der Waals surface area contributed by atoms with Gasteiger partial charge in [0.15, 0.2) is 0 Å². The van der Waals surface area contributed by atoms with E-state index < -0.39 is 0 Å². The zero-order valence-corrected chi connectivity index (χ0v) is 11.0. The second-order valence-corrected chi connectivity index (χ2v) is 5.53. The normalized spacial score (nSPS) is 18.0. The van der Waals surface area contributed by atoms with Crippen LogP contribution in [0.15, 0.2) is 54.6 Å². The minimum Gasteiger partial charge on any atom is -0.330 e. The van der Waals surface area contributed by atoms with Gasteiger partial charge in [0.1, 0.15) is 0 Å². The van der Waals surface area contributed by atoms with Gasteiger partial charge in [0.05, 0.1) is 0 Å². The van der Waals surface area contributed by atoms with E-state index >= 15 is 0 Å². The minimum atomic E-state index is 0.0716. The Balaban J connectivity index is 1.83. The summed E-state index contributed by atoms with van der Waals surface area (Å²) < 4.78 is 0. The molecule has 0 bridgehead atoms. The Kier molecular flexibility index (Phi) is 3.13. The summed E-state index contributed by atoms with van der Waals surface area (Å²) in [7, 11) is 0. The molecule has 0 aliphatic heterocycles. The molecular formula is C17H20N2. The zero-order chi connectivity index (χ0) is 13.3. The van der Waals surface area contributed by atoms with Gasteiger partial charge in [-0.15, -0.1) is 0 Å². The van der Waals surface area contributed by atoms with E-state index in [0.717, 1.165) is 12.8 Å². The minimum absolute atomic E-state index is 0.0716. The summed E-state index contributed by atoms with van der Waals surface area (Å²) in [4.78, 5) is 0. The van der Waals surface area contributed by atoms with E-state index in [2.05, 4.69) is 48.5 Å². The second kappa shape index (κ2) is 4.80. The first kappa shape index (κ1) is 12.4. The van der Waals surface area contributed by atoms with Crippen LogP contribution in [-0.4, -0.2) is 6.54 Å². The molecule has 4 N–H and O–H groups in total. The van der Waals surface area contributed by atoms with E-state index in [4.69, 9.17) is 11.5 Å². The Labute approximate surface area is 114 Å². The van der Waals surface area contributed by atoms with E-state index in [9.17, 15) is 0 Å². The monoisotopic (exact) mass is 252 g/mol. The van der Waals surface area contributed by atoms with Crippen molar-refractivity contribution < 1.29 is 0 Å². The molecule has 3 rings (SSSR count). The van der Waals surface area contributed by atoms with Gasteiger partial charge in [-0.05, 0) is 36.1 Å². The molecule has 1 aliphatic carbocycles. The van der Waals surface area contributed by atoms with Crippen molar-refractivity contribution in [2.45, 2.75) is 18.9 Å². The molecule has 1 saturated carbocycles. The van der Waals surface area contributed by atoms with E-state index in [1.54, 1.807) is 0 Å². The van der Waals surface area contributed by atoms with Gasteiger partial charge in [-0.25, -0.2) is 0 Å². The SMILES string of the molecule is NCC1(C(N)c2ccc(-c3ccccc3)cc2)CC1. The lowest BCUT2D eigenvalue weighted by molar-refractivity contribution is 0.419. The van der Waals surface area contributed by atoms with Crippen molar-refractivity contribution in [1.82, 2.24) is 0 Å². The molecule has 2 nitrogen and oxygen atoms in total. The standard InChI is InChI=1S/C17H20N2/c18-12-17(10-11-17)16(19)15-8-6-14(7-9-15)13-4-2-1-3-5-13/h1-9,16H,10-12,18-19H2. The van der Waals surface area contributed by atoms with Crippen LogP contribution >= 0.6 is 0 Å². The lowest BCUT2D eigenvalue weighted by Gasteiger charge is -2.22. The Hall–Kier alpha value is -1.64. The van der Waals surface area contributed by atoms with Crippen LogP contribution in [0.5, 0.6) is 0 Å². The summed E-state index contributed by atoms with van der Waals surface area (Å²) in [5.41, 5.74) is 16.0. The predicted molar refractivity (Wildman–Crippen MR) is 79.5 cm³/mol. The van der Waals surface area contributed by atoms with Crippen LogP contribution in [0.2, 0.25) is 0 Å². The van der Waals surface area contributed by atoms with Gasteiger partial charge in [0, 0.05) is 11.5 Å². The van der Waals surface area contributed by atoms with Crippen molar-refractivity contribution in [3.8, 4) is 11.1 Å². The Morgan fingerprint density at radius 1 is 0.895 bits per heavy atom. The smallest absolute Gasteiger partial charge is 0.0364 e. The molecule has 0 amide bonds. The quantitative estimate of drug-likeness (QED) is 0.878. The summed E-state index contributed by atoms with van der Waals surface area (Å²) in [6.07, 6.45) is 2.32. The Morgan fingerprint density at radius 3 is 2.00 bits per heavy atom. The van der Waals surface area contributed by atoms with Crippen LogP contribution in [-0.2, 0) is 0 Å². The van der Waals surface area contributed by atoms with E-state index in [-0.39, 0.29) is 11.5 Å². The topological polar surface area (TPSA) is 52.0 Å². The maximum Gasteiger partial charge on any atom is 0.0364 e. The van der Waals surface area contributed by atoms with Crippen LogP contribution in [0.1, 0.15) is 24.4 Å². The molecule has 19 heavy (non-hydrogen) atoms. The number of hydrogen-bond donors (Lipinski definition) is 2. The summed E-state index contributed by atoms with van der Waals surface area (Å²) in [6.45, 7) is 0.689. The van der Waals surface area contributed by atoms with Gasteiger partial charge in [0.25, 0.3) is 0 Å². The summed E-state index contributed by atoms with van der Waals surface area (Å²) in [5, 5.41) is 0. The Bertz CT molecular complexity index is 541. The second-order valence-electron chi connectivity index (χ2n) is 5.53. The fourth-order valence-electron chi connectivity index (χ4n) is 2.67. The Morgan fingerprint density at radius 2 is 1.47 bits per heavy atom. The third-order valence-electron chi connectivity index (χ3n) is 4.34. The maximum absolute atomic E-state index is 6.35. The molecule has 0 radical (unpaired) electrons. The van der Waals surface area contributed by atoms with Gasteiger partial charge < -0.3 is 11.5 Å². The molecule has 0 aromatic heterocycles. The van der Waals surface area contributed by atoms with Crippen molar-refractivity contribution >= 4 is 0 Å². The van der Waals surface area contributed by atoms with Gasteiger partial charge in [-0.1, -0.05) is 54.6 Å². The third kappa shape index (κ3) is 2.29. The van der Waals surface area contributed by atoms with Crippen LogP contribution in [0.3, 0.4) is 0 Å². The van der Waals surface area contributed by atoms with Crippen molar-refractivity contribution in [2.75, 3.05) is 6.54 Å². The molecular weight excluding hydrogens is 232 g/mol. The van der Waals surface area contributed by atoms with Gasteiger partial charge in [-0.2, -0.15) is 0 Å². The predicted octanol–water partition coefficient (Wildman–Crippen LogP) is 3.09. The van der Waals surface area contributed by atoms with Gasteiger partial charge in [-0.3, -0.25) is 0 Å². The molecule has 1 atom stereocenters. The molecule has 0 saturated heterocycles. The largest absolute Gasteiger partial charge is 0.330 e. The van der Waals surface area contributed by atoms with Crippen LogP contribution in [0.25, 0.3) is 11.1 Å².